The van der Waals surface area contributed by atoms with E-state index >= 15 is 0 Å². The number of halogens is 1. The maximum atomic E-state index is 14.1. The van der Waals surface area contributed by atoms with Gasteiger partial charge in [-0.25, -0.2) is 4.39 Å². The lowest BCUT2D eigenvalue weighted by Gasteiger charge is -2.44. The number of likely N-dealkylation sites (tertiary alicyclic amines) is 1. The van der Waals surface area contributed by atoms with Crippen LogP contribution in [0.15, 0.2) is 60.8 Å². The lowest BCUT2D eigenvalue weighted by Crippen LogP contribution is -2.55. The van der Waals surface area contributed by atoms with Gasteiger partial charge in [0, 0.05) is 56.9 Å². The van der Waals surface area contributed by atoms with Gasteiger partial charge in [-0.05, 0) is 43.1 Å². The van der Waals surface area contributed by atoms with Crippen molar-refractivity contribution in [2.24, 2.45) is 0 Å². The summed E-state index contributed by atoms with van der Waals surface area (Å²) in [6, 6.07) is 18.4. The van der Waals surface area contributed by atoms with Crippen LogP contribution in [0, 0.1) is 5.82 Å². The molecule has 5 rings (SSSR count). The van der Waals surface area contributed by atoms with Gasteiger partial charge in [-0.15, -0.1) is 0 Å². The van der Waals surface area contributed by atoms with Gasteiger partial charge in [0.2, 0.25) is 0 Å². The number of aromatic nitrogens is 1. The molecule has 2 aromatic carbocycles. The molecule has 0 saturated carbocycles. The van der Waals surface area contributed by atoms with E-state index in [9.17, 15) is 4.39 Å². The first-order chi connectivity index (χ1) is 14.8. The Morgan fingerprint density at radius 3 is 2.60 bits per heavy atom. The minimum Gasteiger partial charge on any atom is -0.367 e. The molecule has 0 amide bonds. The van der Waals surface area contributed by atoms with Crippen LogP contribution in [-0.4, -0.2) is 60.1 Å². The number of piperidine rings is 1. The highest BCUT2D eigenvalue weighted by Gasteiger charge is 2.28. The van der Waals surface area contributed by atoms with Crippen LogP contribution in [0.25, 0.3) is 10.9 Å². The molecule has 2 saturated heterocycles. The average Bonchev–Trinajstić information content (AvgIpc) is 2.80. The molecule has 0 radical (unpaired) electrons. The van der Waals surface area contributed by atoms with E-state index in [1.54, 1.807) is 12.1 Å². The fourth-order valence-electron chi connectivity index (χ4n) is 5.04. The second-order valence-corrected chi connectivity index (χ2v) is 8.50. The average molecular weight is 405 g/mol. The van der Waals surface area contributed by atoms with Crippen molar-refractivity contribution in [2.45, 2.75) is 25.4 Å². The summed E-state index contributed by atoms with van der Waals surface area (Å²) in [4.78, 5) is 12.0. The maximum Gasteiger partial charge on any atom is 0.146 e. The Balaban J connectivity index is 1.21. The Morgan fingerprint density at radius 2 is 1.73 bits per heavy atom. The van der Waals surface area contributed by atoms with E-state index in [0.717, 1.165) is 57.0 Å². The summed E-state index contributed by atoms with van der Waals surface area (Å²) in [5, 5.41) is 1.22. The highest BCUT2D eigenvalue weighted by molar-refractivity contribution is 5.81. The molecule has 3 heterocycles. The zero-order chi connectivity index (χ0) is 20.3. The van der Waals surface area contributed by atoms with Gasteiger partial charge in [0.25, 0.3) is 0 Å². The molecule has 0 aliphatic carbocycles. The summed E-state index contributed by atoms with van der Waals surface area (Å²) in [6.45, 7) is 7.00. The number of nitrogens with zero attached hydrogens (tertiary/aromatic N) is 4. The van der Waals surface area contributed by atoms with E-state index in [1.165, 1.54) is 23.8 Å². The summed E-state index contributed by atoms with van der Waals surface area (Å²) < 4.78 is 14.1. The number of anilines is 1. The molecule has 5 heteroatoms. The normalized spacial score (nSPS) is 21.2. The third-order valence-corrected chi connectivity index (χ3v) is 6.61. The minimum atomic E-state index is -0.113. The van der Waals surface area contributed by atoms with E-state index in [1.807, 2.05) is 24.4 Å². The zero-order valence-corrected chi connectivity index (χ0v) is 17.4. The molecule has 1 aromatic heterocycles. The lowest BCUT2D eigenvalue weighted by molar-refractivity contribution is 0.0889. The van der Waals surface area contributed by atoms with Gasteiger partial charge in [0.1, 0.15) is 5.82 Å². The van der Waals surface area contributed by atoms with Crippen LogP contribution in [0.1, 0.15) is 18.4 Å². The van der Waals surface area contributed by atoms with E-state index in [-0.39, 0.29) is 5.82 Å². The van der Waals surface area contributed by atoms with E-state index < -0.39 is 0 Å². The first-order valence-corrected chi connectivity index (χ1v) is 11.1. The van der Waals surface area contributed by atoms with Crippen molar-refractivity contribution in [2.75, 3.05) is 44.2 Å². The smallest absolute Gasteiger partial charge is 0.146 e. The molecule has 0 unspecified atom stereocenters. The first kappa shape index (κ1) is 19.5. The molecule has 2 aliphatic heterocycles. The zero-order valence-electron chi connectivity index (χ0n) is 17.4. The summed E-state index contributed by atoms with van der Waals surface area (Å²) in [5.41, 5.74) is 3.18. The van der Waals surface area contributed by atoms with Crippen LogP contribution in [0.3, 0.4) is 0 Å². The van der Waals surface area contributed by atoms with Crippen molar-refractivity contribution in [1.29, 1.82) is 0 Å². The molecular weight excluding hydrogens is 375 g/mol. The van der Waals surface area contributed by atoms with Crippen LogP contribution in [0.2, 0.25) is 0 Å². The van der Waals surface area contributed by atoms with Crippen LogP contribution in [0.5, 0.6) is 0 Å². The number of rotatable bonds is 4. The summed E-state index contributed by atoms with van der Waals surface area (Å²) >= 11 is 0. The largest absolute Gasteiger partial charge is 0.367 e. The van der Waals surface area contributed by atoms with Crippen molar-refractivity contribution in [1.82, 2.24) is 14.8 Å². The third-order valence-electron chi connectivity index (χ3n) is 6.61. The molecule has 0 N–H and O–H groups in total. The number of hydrogen-bond donors (Lipinski definition) is 0. The molecule has 1 atom stereocenters. The molecular formula is C25H29FN4. The number of para-hydroxylation sites is 2. The van der Waals surface area contributed by atoms with Crippen LogP contribution < -0.4 is 4.90 Å². The van der Waals surface area contributed by atoms with Crippen LogP contribution in [-0.2, 0) is 6.54 Å². The molecule has 156 valence electrons. The molecule has 4 nitrogen and oxygen atoms in total. The first-order valence-electron chi connectivity index (χ1n) is 11.1. The fourth-order valence-corrected chi connectivity index (χ4v) is 5.04. The highest BCUT2D eigenvalue weighted by atomic mass is 19.1. The molecule has 3 aromatic rings. The van der Waals surface area contributed by atoms with Crippen LogP contribution >= 0.6 is 0 Å². The van der Waals surface area contributed by atoms with Crippen molar-refractivity contribution in [3.05, 3.63) is 72.2 Å². The second-order valence-electron chi connectivity index (χ2n) is 8.50. The SMILES string of the molecule is Fc1ccccc1N1CCN([C@H]2CCCN(Cc3cccc4cccnc34)C2)CC1. The Hall–Kier alpha value is -2.50. The molecule has 2 fully saturated rings. The van der Waals surface area contributed by atoms with Crippen molar-refractivity contribution < 1.29 is 4.39 Å². The summed E-state index contributed by atoms with van der Waals surface area (Å²) in [5.74, 6) is -0.113. The van der Waals surface area contributed by atoms with Gasteiger partial charge in [0.05, 0.1) is 11.2 Å². The van der Waals surface area contributed by atoms with Gasteiger partial charge in [-0.2, -0.15) is 0 Å². The fraction of sp³-hybridized carbons (Fsp3) is 0.400. The second kappa shape index (κ2) is 8.70. The summed E-state index contributed by atoms with van der Waals surface area (Å²) in [7, 11) is 0. The quantitative estimate of drug-likeness (QED) is 0.651. The Kier molecular flexibility index (Phi) is 5.65. The van der Waals surface area contributed by atoms with Gasteiger partial charge in [0.15, 0.2) is 0 Å². The lowest BCUT2D eigenvalue weighted by atomic mass is 10.0. The molecule has 30 heavy (non-hydrogen) atoms. The number of benzene rings is 2. The van der Waals surface area contributed by atoms with Gasteiger partial charge < -0.3 is 4.90 Å². The van der Waals surface area contributed by atoms with E-state index in [0.29, 0.717) is 6.04 Å². The maximum absolute atomic E-state index is 14.1. The molecule has 0 spiro atoms. The predicted octanol–water partition coefficient (Wildman–Crippen LogP) is 4.16. The number of pyridine rings is 1. The topological polar surface area (TPSA) is 22.6 Å². The van der Waals surface area contributed by atoms with Crippen molar-refractivity contribution in [3.8, 4) is 0 Å². The molecule has 2 aliphatic rings. The Morgan fingerprint density at radius 1 is 0.900 bits per heavy atom. The molecule has 0 bridgehead atoms. The van der Waals surface area contributed by atoms with Gasteiger partial charge >= 0.3 is 0 Å². The predicted molar refractivity (Wildman–Crippen MR) is 120 cm³/mol. The van der Waals surface area contributed by atoms with Gasteiger partial charge in [-0.3, -0.25) is 14.8 Å². The van der Waals surface area contributed by atoms with E-state index in [2.05, 4.69) is 43.9 Å². The Bertz CT molecular complexity index is 994. The number of piperazine rings is 1. The van der Waals surface area contributed by atoms with Crippen molar-refractivity contribution in [3.63, 3.8) is 0 Å². The minimum absolute atomic E-state index is 0.113. The standard InChI is InChI=1S/C25H29FN4/c26-23-10-1-2-11-24(23)30-16-14-29(15-17-30)22-9-5-13-28(19-22)18-21-7-3-6-20-8-4-12-27-25(20)21/h1-4,6-8,10-12,22H,5,9,13-19H2/t22-/m0/s1. The third kappa shape index (κ3) is 4.05. The Labute approximate surface area is 177 Å². The van der Waals surface area contributed by atoms with E-state index in [4.69, 9.17) is 0 Å². The summed E-state index contributed by atoms with van der Waals surface area (Å²) in [6.07, 6.45) is 4.38. The highest BCUT2D eigenvalue weighted by Crippen LogP contribution is 2.25. The number of fused-ring (bicyclic) bond motifs is 1. The van der Waals surface area contributed by atoms with Crippen molar-refractivity contribution >= 4 is 16.6 Å². The van der Waals surface area contributed by atoms with Gasteiger partial charge in [-0.1, -0.05) is 36.4 Å². The van der Waals surface area contributed by atoms with Crippen LogP contribution in [0.4, 0.5) is 10.1 Å². The number of hydrogen-bond acceptors (Lipinski definition) is 4. The monoisotopic (exact) mass is 404 g/mol.